The lowest BCUT2D eigenvalue weighted by molar-refractivity contribution is -0.138. The van der Waals surface area contributed by atoms with E-state index < -0.39 is 18.6 Å². The van der Waals surface area contributed by atoms with Gasteiger partial charge < -0.3 is 5.73 Å². The predicted octanol–water partition coefficient (Wildman–Crippen LogP) is 2.96. The van der Waals surface area contributed by atoms with Crippen molar-refractivity contribution in [2.75, 3.05) is 0 Å². The summed E-state index contributed by atoms with van der Waals surface area (Å²) in [6, 6.07) is 3.24. The van der Waals surface area contributed by atoms with Crippen LogP contribution in [0.1, 0.15) is 17.5 Å². The molecule has 0 aliphatic rings. The maximum absolute atomic E-state index is 12.9. The molecule has 0 spiro atoms. The van der Waals surface area contributed by atoms with Crippen LogP contribution >= 0.6 is 0 Å². The Morgan fingerprint density at radius 3 is 2.44 bits per heavy atom. The molecule has 0 aromatic heterocycles. The van der Waals surface area contributed by atoms with E-state index >= 15 is 0 Å². The number of aryl methyl sites for hydroxylation is 1. The number of benzene rings is 1. The molecule has 16 heavy (non-hydrogen) atoms. The van der Waals surface area contributed by atoms with Crippen LogP contribution in [0.15, 0.2) is 18.2 Å². The number of rotatable bonds is 3. The summed E-state index contributed by atoms with van der Waals surface area (Å²) < 4.78 is 48.9. The summed E-state index contributed by atoms with van der Waals surface area (Å²) in [4.78, 5) is 0. The summed E-state index contributed by atoms with van der Waals surface area (Å²) in [5.41, 5.74) is 6.40. The first-order chi connectivity index (χ1) is 7.28. The highest BCUT2D eigenvalue weighted by atomic mass is 19.4. The molecule has 1 unspecified atom stereocenters. The minimum atomic E-state index is -4.26. The van der Waals surface area contributed by atoms with Crippen LogP contribution in [0.25, 0.3) is 0 Å². The average molecular weight is 235 g/mol. The van der Waals surface area contributed by atoms with E-state index in [1.165, 1.54) is 18.2 Å². The van der Waals surface area contributed by atoms with E-state index in [1.807, 2.05) is 0 Å². The number of alkyl halides is 3. The first-order valence-corrected chi connectivity index (χ1v) is 4.85. The molecule has 1 rings (SSSR count). The van der Waals surface area contributed by atoms with Crippen molar-refractivity contribution in [3.8, 4) is 0 Å². The van der Waals surface area contributed by atoms with Gasteiger partial charge in [0.2, 0.25) is 0 Å². The summed E-state index contributed by atoms with van der Waals surface area (Å²) in [7, 11) is 0. The largest absolute Gasteiger partial charge is 0.390 e. The van der Waals surface area contributed by atoms with Gasteiger partial charge in [-0.15, -0.1) is 0 Å². The second kappa shape index (κ2) is 4.82. The van der Waals surface area contributed by atoms with Crippen molar-refractivity contribution in [1.29, 1.82) is 0 Å². The summed E-state index contributed by atoms with van der Waals surface area (Å²) in [6.07, 6.45) is -5.18. The van der Waals surface area contributed by atoms with Gasteiger partial charge in [0, 0.05) is 6.04 Å². The smallest absolute Gasteiger partial charge is 0.327 e. The zero-order chi connectivity index (χ0) is 12.3. The number of hydrogen-bond acceptors (Lipinski definition) is 1. The number of halogens is 4. The van der Waals surface area contributed by atoms with Gasteiger partial charge in [-0.3, -0.25) is 0 Å². The first-order valence-electron chi connectivity index (χ1n) is 4.85. The second-order valence-electron chi connectivity index (χ2n) is 3.87. The highest BCUT2D eigenvalue weighted by molar-refractivity contribution is 5.24. The summed E-state index contributed by atoms with van der Waals surface area (Å²) in [6.45, 7) is 1.56. The molecule has 0 saturated carbocycles. The molecule has 2 N–H and O–H groups in total. The molecule has 0 amide bonds. The highest BCUT2D eigenvalue weighted by Gasteiger charge is 2.30. The average Bonchev–Trinajstić information content (AvgIpc) is 2.08. The van der Waals surface area contributed by atoms with E-state index in [-0.39, 0.29) is 12.2 Å². The molecule has 0 fully saturated rings. The van der Waals surface area contributed by atoms with Crippen molar-refractivity contribution in [3.63, 3.8) is 0 Å². The van der Waals surface area contributed by atoms with Crippen molar-refractivity contribution in [1.82, 2.24) is 0 Å². The van der Waals surface area contributed by atoms with Crippen LogP contribution in [-0.4, -0.2) is 12.2 Å². The van der Waals surface area contributed by atoms with E-state index in [0.29, 0.717) is 11.1 Å². The molecule has 0 aliphatic carbocycles. The van der Waals surface area contributed by atoms with Crippen molar-refractivity contribution in [3.05, 3.63) is 35.1 Å². The third-order valence-corrected chi connectivity index (χ3v) is 2.21. The fourth-order valence-electron chi connectivity index (χ4n) is 1.51. The molecule has 90 valence electrons. The Kier molecular flexibility index (Phi) is 3.91. The third kappa shape index (κ3) is 4.18. The van der Waals surface area contributed by atoms with Crippen LogP contribution in [0.5, 0.6) is 0 Å². The molecule has 0 radical (unpaired) electrons. The minimum Gasteiger partial charge on any atom is -0.327 e. The van der Waals surface area contributed by atoms with Crippen LogP contribution in [0, 0.1) is 12.7 Å². The Morgan fingerprint density at radius 1 is 1.31 bits per heavy atom. The summed E-state index contributed by atoms with van der Waals surface area (Å²) >= 11 is 0. The van der Waals surface area contributed by atoms with Gasteiger partial charge in [-0.1, -0.05) is 12.1 Å². The normalized spacial score (nSPS) is 13.9. The molecule has 0 bridgehead atoms. The lowest BCUT2D eigenvalue weighted by Crippen LogP contribution is -2.29. The van der Waals surface area contributed by atoms with E-state index in [9.17, 15) is 17.6 Å². The first kappa shape index (κ1) is 13.0. The zero-order valence-corrected chi connectivity index (χ0v) is 8.81. The van der Waals surface area contributed by atoms with Gasteiger partial charge in [-0.25, -0.2) is 4.39 Å². The van der Waals surface area contributed by atoms with Gasteiger partial charge in [-0.05, 0) is 30.5 Å². The van der Waals surface area contributed by atoms with Gasteiger partial charge in [0.15, 0.2) is 0 Å². The van der Waals surface area contributed by atoms with E-state index in [4.69, 9.17) is 5.73 Å². The monoisotopic (exact) mass is 235 g/mol. The minimum absolute atomic E-state index is 0.0978. The molecule has 0 saturated heterocycles. The maximum Gasteiger partial charge on any atom is 0.390 e. The van der Waals surface area contributed by atoms with Crippen molar-refractivity contribution in [2.24, 2.45) is 5.73 Å². The quantitative estimate of drug-likeness (QED) is 0.801. The third-order valence-electron chi connectivity index (χ3n) is 2.21. The molecular weight excluding hydrogens is 222 g/mol. The molecule has 0 aliphatic heterocycles. The highest BCUT2D eigenvalue weighted by Crippen LogP contribution is 2.22. The Bertz CT molecular complexity index is 359. The Hall–Kier alpha value is -1.10. The fraction of sp³-hybridized carbons (Fsp3) is 0.455. The fourth-order valence-corrected chi connectivity index (χ4v) is 1.51. The lowest BCUT2D eigenvalue weighted by atomic mass is 10.0. The van der Waals surface area contributed by atoms with Crippen LogP contribution in [-0.2, 0) is 6.42 Å². The second-order valence-corrected chi connectivity index (χ2v) is 3.87. The van der Waals surface area contributed by atoms with E-state index in [0.717, 1.165) is 0 Å². The molecule has 0 heterocycles. The van der Waals surface area contributed by atoms with Gasteiger partial charge >= 0.3 is 6.18 Å². The Labute approximate surface area is 91.3 Å². The molecule has 1 nitrogen and oxygen atoms in total. The molecule has 1 aromatic carbocycles. The van der Waals surface area contributed by atoms with Gasteiger partial charge in [0.05, 0.1) is 6.42 Å². The SMILES string of the molecule is Cc1cc(CC(N)CC(F)(F)F)ccc1F. The zero-order valence-electron chi connectivity index (χ0n) is 8.81. The summed E-state index contributed by atoms with van der Waals surface area (Å²) in [5, 5.41) is 0. The number of hydrogen-bond donors (Lipinski definition) is 1. The van der Waals surface area contributed by atoms with Crippen molar-refractivity contribution in [2.45, 2.75) is 32.0 Å². The van der Waals surface area contributed by atoms with Crippen LogP contribution < -0.4 is 5.73 Å². The van der Waals surface area contributed by atoms with Gasteiger partial charge in [0.25, 0.3) is 0 Å². The molecular formula is C11H13F4N. The number of nitrogens with two attached hydrogens (primary N) is 1. The van der Waals surface area contributed by atoms with Crippen molar-refractivity contribution < 1.29 is 17.6 Å². The van der Waals surface area contributed by atoms with Gasteiger partial charge in [0.1, 0.15) is 5.82 Å². The van der Waals surface area contributed by atoms with Crippen LogP contribution in [0.4, 0.5) is 17.6 Å². The van der Waals surface area contributed by atoms with E-state index in [2.05, 4.69) is 0 Å². The van der Waals surface area contributed by atoms with Crippen LogP contribution in [0.2, 0.25) is 0 Å². The Balaban J connectivity index is 2.63. The van der Waals surface area contributed by atoms with Crippen LogP contribution in [0.3, 0.4) is 0 Å². The van der Waals surface area contributed by atoms with Crippen molar-refractivity contribution >= 4 is 0 Å². The predicted molar refractivity (Wildman–Crippen MR) is 53.5 cm³/mol. The molecule has 1 aromatic rings. The molecule has 5 heteroatoms. The van der Waals surface area contributed by atoms with Gasteiger partial charge in [-0.2, -0.15) is 13.2 Å². The Morgan fingerprint density at radius 2 is 1.94 bits per heavy atom. The maximum atomic E-state index is 12.9. The molecule has 1 atom stereocenters. The lowest BCUT2D eigenvalue weighted by Gasteiger charge is -2.14. The standard InChI is InChI=1S/C11H13F4N/c1-7-4-8(2-3-10(7)12)5-9(16)6-11(13,14)15/h2-4,9H,5-6,16H2,1H3. The van der Waals surface area contributed by atoms with E-state index in [1.54, 1.807) is 6.92 Å². The summed E-state index contributed by atoms with van der Waals surface area (Å²) in [5.74, 6) is -0.367. The topological polar surface area (TPSA) is 26.0 Å².